The minimum absolute atomic E-state index is 0.442. The number of hydrogen-bond donors (Lipinski definition) is 2. The standard InChI is InChI=1S/C50H33N5O/c51-46(41-26-23-32-13-10-11-22-40(32)47(41)52-39-20-8-3-9-21-39)37-19-12-18-35(29-37)36-24-27-44-42(30-36)43-31-38(25-28-45(43)56-44)50-54-48(33-14-4-1-5-15-33)53-49(55-50)34-16-6-2-7-17-34/h1-31,51-52H. The maximum atomic E-state index is 9.50. The highest BCUT2D eigenvalue weighted by Gasteiger charge is 2.17. The zero-order valence-corrected chi connectivity index (χ0v) is 30.1. The van der Waals surface area contributed by atoms with E-state index in [0.717, 1.165) is 83.0 Å². The van der Waals surface area contributed by atoms with E-state index in [9.17, 15) is 5.41 Å². The van der Waals surface area contributed by atoms with Crippen molar-refractivity contribution in [2.75, 3.05) is 5.32 Å². The van der Waals surface area contributed by atoms with Crippen LogP contribution < -0.4 is 5.32 Å². The number of para-hydroxylation sites is 1. The highest BCUT2D eigenvalue weighted by Crippen LogP contribution is 2.37. The van der Waals surface area contributed by atoms with E-state index in [1.54, 1.807) is 0 Å². The summed E-state index contributed by atoms with van der Waals surface area (Å²) >= 11 is 0. The first kappa shape index (κ1) is 32.9. The molecule has 0 atom stereocenters. The first-order valence-electron chi connectivity index (χ1n) is 18.5. The molecule has 0 saturated carbocycles. The van der Waals surface area contributed by atoms with Gasteiger partial charge in [-0.25, -0.2) is 15.0 Å². The zero-order chi connectivity index (χ0) is 37.4. The van der Waals surface area contributed by atoms with Crippen molar-refractivity contribution < 1.29 is 4.42 Å². The Morgan fingerprint density at radius 1 is 0.429 bits per heavy atom. The first-order valence-corrected chi connectivity index (χ1v) is 18.5. The summed E-state index contributed by atoms with van der Waals surface area (Å²) in [7, 11) is 0. The topological polar surface area (TPSA) is 87.7 Å². The summed E-state index contributed by atoms with van der Waals surface area (Å²) in [6, 6.07) is 63.1. The van der Waals surface area contributed by atoms with Crippen LogP contribution in [0.25, 0.3) is 78.0 Å². The van der Waals surface area contributed by atoms with Gasteiger partial charge in [-0.3, -0.25) is 5.41 Å². The molecule has 56 heavy (non-hydrogen) atoms. The van der Waals surface area contributed by atoms with Crippen LogP contribution in [0.3, 0.4) is 0 Å². The minimum Gasteiger partial charge on any atom is -0.456 e. The van der Waals surface area contributed by atoms with Gasteiger partial charge in [-0.05, 0) is 65.0 Å². The summed E-state index contributed by atoms with van der Waals surface area (Å²) in [5, 5.41) is 17.3. The lowest BCUT2D eigenvalue weighted by Gasteiger charge is -2.17. The second-order valence-electron chi connectivity index (χ2n) is 13.7. The molecule has 0 bridgehead atoms. The molecule has 0 radical (unpaired) electrons. The number of nitrogens with zero attached hydrogens (tertiary/aromatic N) is 3. The third kappa shape index (κ3) is 6.15. The van der Waals surface area contributed by atoms with Crippen molar-refractivity contribution >= 4 is 49.8 Å². The van der Waals surface area contributed by atoms with Gasteiger partial charge in [0, 0.05) is 49.7 Å². The maximum Gasteiger partial charge on any atom is 0.164 e. The first-order chi connectivity index (χ1) is 27.6. The predicted molar refractivity (Wildman–Crippen MR) is 228 cm³/mol. The Morgan fingerprint density at radius 3 is 1.64 bits per heavy atom. The molecule has 0 unspecified atom stereocenters. The number of rotatable bonds is 8. The van der Waals surface area contributed by atoms with Crippen LogP contribution in [0.1, 0.15) is 11.1 Å². The number of fused-ring (bicyclic) bond motifs is 4. The molecular weight excluding hydrogens is 687 g/mol. The van der Waals surface area contributed by atoms with Crippen molar-refractivity contribution in [2.24, 2.45) is 0 Å². The largest absolute Gasteiger partial charge is 0.456 e. The highest BCUT2D eigenvalue weighted by molar-refractivity contribution is 6.18. The van der Waals surface area contributed by atoms with E-state index < -0.39 is 0 Å². The maximum absolute atomic E-state index is 9.50. The Balaban J connectivity index is 1.04. The molecule has 0 spiro atoms. The average Bonchev–Trinajstić information content (AvgIpc) is 3.64. The van der Waals surface area contributed by atoms with E-state index in [0.29, 0.717) is 23.2 Å². The Bertz CT molecular complexity index is 3010. The predicted octanol–water partition coefficient (Wildman–Crippen LogP) is 12.8. The Morgan fingerprint density at radius 2 is 0.964 bits per heavy atom. The quantitative estimate of drug-likeness (QED) is 0.153. The molecule has 6 heteroatoms. The van der Waals surface area contributed by atoms with E-state index in [-0.39, 0.29) is 0 Å². The summed E-state index contributed by atoms with van der Waals surface area (Å²) < 4.78 is 6.34. The molecule has 0 amide bonds. The molecule has 0 aliphatic carbocycles. The van der Waals surface area contributed by atoms with Crippen molar-refractivity contribution in [3.63, 3.8) is 0 Å². The van der Waals surface area contributed by atoms with E-state index >= 15 is 0 Å². The van der Waals surface area contributed by atoms with Crippen molar-refractivity contribution in [3.05, 3.63) is 199 Å². The Hall–Kier alpha value is -7.70. The normalized spacial score (nSPS) is 11.3. The molecule has 0 aliphatic heterocycles. The Labute approximate surface area is 323 Å². The molecule has 0 fully saturated rings. The fourth-order valence-corrected chi connectivity index (χ4v) is 7.32. The number of nitrogens with one attached hydrogen (secondary N) is 2. The lowest BCUT2D eigenvalue weighted by Crippen LogP contribution is -2.06. The Kier molecular flexibility index (Phi) is 8.19. The smallest absolute Gasteiger partial charge is 0.164 e. The molecule has 264 valence electrons. The summed E-state index contributed by atoms with van der Waals surface area (Å²) in [5.74, 6) is 1.82. The van der Waals surface area contributed by atoms with Gasteiger partial charge in [0.15, 0.2) is 17.5 Å². The van der Waals surface area contributed by atoms with Gasteiger partial charge in [-0.15, -0.1) is 0 Å². The van der Waals surface area contributed by atoms with E-state index in [1.165, 1.54) is 0 Å². The van der Waals surface area contributed by atoms with E-state index in [2.05, 4.69) is 53.8 Å². The number of furan rings is 1. The lowest BCUT2D eigenvalue weighted by molar-refractivity contribution is 0.669. The number of benzene rings is 8. The molecule has 2 heterocycles. The number of hydrogen-bond acceptors (Lipinski definition) is 6. The van der Waals surface area contributed by atoms with E-state index in [1.807, 2.05) is 140 Å². The van der Waals surface area contributed by atoms with E-state index in [4.69, 9.17) is 19.4 Å². The number of anilines is 2. The van der Waals surface area contributed by atoms with Gasteiger partial charge in [-0.1, -0.05) is 140 Å². The molecule has 10 aromatic rings. The summed E-state index contributed by atoms with van der Waals surface area (Å²) in [6.45, 7) is 0. The minimum atomic E-state index is 0.442. The van der Waals surface area contributed by atoms with Crippen molar-refractivity contribution in [3.8, 4) is 45.3 Å². The van der Waals surface area contributed by atoms with Crippen LogP contribution >= 0.6 is 0 Å². The zero-order valence-electron chi connectivity index (χ0n) is 30.1. The van der Waals surface area contributed by atoms with Crippen LogP contribution in [0.5, 0.6) is 0 Å². The van der Waals surface area contributed by atoms with Crippen LogP contribution in [0, 0.1) is 5.41 Å². The third-order valence-corrected chi connectivity index (χ3v) is 10.2. The molecule has 2 aromatic heterocycles. The summed E-state index contributed by atoms with van der Waals surface area (Å²) in [4.78, 5) is 14.8. The van der Waals surface area contributed by atoms with Crippen LogP contribution in [-0.4, -0.2) is 20.7 Å². The van der Waals surface area contributed by atoms with Crippen molar-refractivity contribution in [1.82, 2.24) is 15.0 Å². The van der Waals surface area contributed by atoms with Gasteiger partial charge >= 0.3 is 0 Å². The van der Waals surface area contributed by atoms with Crippen molar-refractivity contribution in [1.29, 1.82) is 5.41 Å². The second-order valence-corrected chi connectivity index (χ2v) is 13.7. The highest BCUT2D eigenvalue weighted by atomic mass is 16.3. The summed E-state index contributed by atoms with van der Waals surface area (Å²) in [6.07, 6.45) is 0. The van der Waals surface area contributed by atoms with Gasteiger partial charge < -0.3 is 9.73 Å². The van der Waals surface area contributed by atoms with Gasteiger partial charge in [0.25, 0.3) is 0 Å². The molecule has 6 nitrogen and oxygen atoms in total. The van der Waals surface area contributed by atoms with Crippen LogP contribution in [0.4, 0.5) is 11.4 Å². The van der Waals surface area contributed by atoms with Crippen molar-refractivity contribution in [2.45, 2.75) is 0 Å². The lowest BCUT2D eigenvalue weighted by atomic mass is 9.94. The second kappa shape index (κ2) is 13.9. The molecule has 0 aliphatic rings. The van der Waals surface area contributed by atoms with Gasteiger partial charge in [-0.2, -0.15) is 0 Å². The van der Waals surface area contributed by atoms with Gasteiger partial charge in [0.1, 0.15) is 11.2 Å². The van der Waals surface area contributed by atoms with Crippen LogP contribution in [0.2, 0.25) is 0 Å². The van der Waals surface area contributed by atoms with Crippen LogP contribution in [0.15, 0.2) is 192 Å². The average molecular weight is 720 g/mol. The molecule has 8 aromatic carbocycles. The summed E-state index contributed by atoms with van der Waals surface area (Å²) in [5.41, 5.74) is 10.3. The van der Waals surface area contributed by atoms with Crippen LogP contribution in [-0.2, 0) is 0 Å². The molecule has 2 N–H and O–H groups in total. The fourth-order valence-electron chi connectivity index (χ4n) is 7.32. The number of aromatic nitrogens is 3. The third-order valence-electron chi connectivity index (χ3n) is 10.2. The van der Waals surface area contributed by atoms with Gasteiger partial charge in [0.2, 0.25) is 0 Å². The van der Waals surface area contributed by atoms with Gasteiger partial charge in [0.05, 0.1) is 11.4 Å². The molecular formula is C50H33N5O. The monoisotopic (exact) mass is 719 g/mol. The SMILES string of the molecule is N=C(c1cccc(-c2ccc3oc4ccc(-c5nc(-c6ccccc6)nc(-c6ccccc6)n5)cc4c3c2)c1)c1ccc2ccccc2c1Nc1ccccc1. The molecule has 0 saturated heterocycles. The fraction of sp³-hybridized carbons (Fsp3) is 0. The molecule has 10 rings (SSSR count).